The van der Waals surface area contributed by atoms with E-state index in [1.54, 1.807) is 16.2 Å². The molecule has 1 N–H and O–H groups in total. The van der Waals surface area contributed by atoms with Crippen LogP contribution in [0.5, 0.6) is 0 Å². The molecule has 4 nitrogen and oxygen atoms in total. The van der Waals surface area contributed by atoms with Crippen molar-refractivity contribution in [2.24, 2.45) is 0 Å². The van der Waals surface area contributed by atoms with Crippen LogP contribution < -0.4 is 5.32 Å². The first-order valence-electron chi connectivity index (χ1n) is 11.0. The van der Waals surface area contributed by atoms with Crippen LogP contribution >= 0.6 is 11.3 Å². The standard InChI is InChI=1S/C25H34N2O2S/c1-18-11-8-9-15-21(18)23(24(29)26-19-12-6-5-7-13-19)27(25(2,3)4)22(28)17-20-14-10-16-30-20/h8-11,14-16,19,23H,5-7,12-13,17H2,1-4H3,(H,26,29). The van der Waals surface area contributed by atoms with Crippen LogP contribution in [0, 0.1) is 6.92 Å². The molecule has 1 atom stereocenters. The van der Waals surface area contributed by atoms with E-state index in [0.29, 0.717) is 6.42 Å². The lowest BCUT2D eigenvalue weighted by Gasteiger charge is -2.42. The molecule has 0 saturated heterocycles. The summed E-state index contributed by atoms with van der Waals surface area (Å²) >= 11 is 1.58. The number of nitrogens with one attached hydrogen (secondary N) is 1. The average Bonchev–Trinajstić information content (AvgIpc) is 3.19. The van der Waals surface area contributed by atoms with Crippen molar-refractivity contribution in [3.63, 3.8) is 0 Å². The van der Waals surface area contributed by atoms with Crippen molar-refractivity contribution in [3.05, 3.63) is 57.8 Å². The molecule has 2 amide bonds. The molecule has 0 radical (unpaired) electrons. The highest BCUT2D eigenvalue weighted by molar-refractivity contribution is 7.10. The predicted molar refractivity (Wildman–Crippen MR) is 124 cm³/mol. The second kappa shape index (κ2) is 9.78. The van der Waals surface area contributed by atoms with Crippen LogP contribution in [0.25, 0.3) is 0 Å². The van der Waals surface area contributed by atoms with Gasteiger partial charge in [0, 0.05) is 16.5 Å². The van der Waals surface area contributed by atoms with Gasteiger partial charge in [-0.1, -0.05) is 49.6 Å². The highest BCUT2D eigenvalue weighted by Gasteiger charge is 2.39. The fourth-order valence-corrected chi connectivity index (χ4v) is 5.07. The maximum absolute atomic E-state index is 13.7. The Kier molecular flexibility index (Phi) is 7.35. The predicted octanol–water partition coefficient (Wildman–Crippen LogP) is 5.42. The first-order valence-corrected chi connectivity index (χ1v) is 11.9. The Labute approximate surface area is 184 Å². The van der Waals surface area contributed by atoms with E-state index >= 15 is 0 Å². The summed E-state index contributed by atoms with van der Waals surface area (Å²) in [5.74, 6) is -0.0809. The van der Waals surface area contributed by atoms with Crippen LogP contribution in [0.3, 0.4) is 0 Å². The lowest BCUT2D eigenvalue weighted by Crippen LogP contribution is -2.54. The number of hydrogen-bond donors (Lipinski definition) is 1. The normalized spacial score (nSPS) is 16.1. The zero-order valence-corrected chi connectivity index (χ0v) is 19.4. The molecule has 1 unspecified atom stereocenters. The number of carbonyl (C=O) groups excluding carboxylic acids is 2. The molecule has 1 aliphatic carbocycles. The molecule has 0 spiro atoms. The second-order valence-electron chi connectivity index (χ2n) is 9.29. The summed E-state index contributed by atoms with van der Waals surface area (Å²) in [5, 5.41) is 5.27. The van der Waals surface area contributed by atoms with Gasteiger partial charge in [0.15, 0.2) is 0 Å². The van der Waals surface area contributed by atoms with Gasteiger partial charge in [-0.2, -0.15) is 0 Å². The van der Waals surface area contributed by atoms with Crippen molar-refractivity contribution in [3.8, 4) is 0 Å². The highest BCUT2D eigenvalue weighted by Crippen LogP contribution is 2.32. The van der Waals surface area contributed by atoms with Crippen molar-refractivity contribution in [1.29, 1.82) is 0 Å². The zero-order valence-electron chi connectivity index (χ0n) is 18.6. The zero-order chi connectivity index (χ0) is 21.7. The summed E-state index contributed by atoms with van der Waals surface area (Å²) in [7, 11) is 0. The molecule has 30 heavy (non-hydrogen) atoms. The van der Waals surface area contributed by atoms with E-state index < -0.39 is 11.6 Å². The van der Waals surface area contributed by atoms with E-state index in [2.05, 4.69) is 5.32 Å². The third kappa shape index (κ3) is 5.51. The van der Waals surface area contributed by atoms with Gasteiger partial charge in [-0.25, -0.2) is 0 Å². The van der Waals surface area contributed by atoms with Crippen molar-refractivity contribution in [1.82, 2.24) is 10.2 Å². The third-order valence-electron chi connectivity index (χ3n) is 5.84. The van der Waals surface area contributed by atoms with Crippen molar-refractivity contribution in [2.45, 2.75) is 83.8 Å². The first-order chi connectivity index (χ1) is 14.3. The maximum atomic E-state index is 13.7. The number of aryl methyl sites for hydroxylation is 1. The van der Waals surface area contributed by atoms with Crippen LogP contribution in [0.4, 0.5) is 0 Å². The SMILES string of the molecule is Cc1ccccc1C(C(=O)NC1CCCCC1)N(C(=O)Cc1cccs1)C(C)(C)C. The second-order valence-corrected chi connectivity index (χ2v) is 10.3. The van der Waals surface area contributed by atoms with E-state index in [1.807, 2.05) is 69.5 Å². The van der Waals surface area contributed by atoms with Crippen LogP contribution in [0.1, 0.15) is 74.9 Å². The number of carbonyl (C=O) groups is 2. The van der Waals surface area contributed by atoms with Crippen molar-refractivity contribution in [2.75, 3.05) is 0 Å². The molecule has 1 fully saturated rings. The van der Waals surface area contributed by atoms with Gasteiger partial charge in [0.05, 0.1) is 6.42 Å². The maximum Gasteiger partial charge on any atom is 0.247 e. The number of amides is 2. The van der Waals surface area contributed by atoms with E-state index in [0.717, 1.165) is 41.7 Å². The molecule has 162 valence electrons. The number of thiophene rings is 1. The topological polar surface area (TPSA) is 49.4 Å². The quantitative estimate of drug-likeness (QED) is 0.671. The molecule has 3 rings (SSSR count). The summed E-state index contributed by atoms with van der Waals surface area (Å²) in [4.78, 5) is 30.0. The Morgan fingerprint density at radius 2 is 1.80 bits per heavy atom. The Bertz CT molecular complexity index is 848. The average molecular weight is 427 g/mol. The van der Waals surface area contributed by atoms with Gasteiger partial charge in [-0.05, 0) is 63.1 Å². The Morgan fingerprint density at radius 3 is 2.40 bits per heavy atom. The molecular formula is C25H34N2O2S. The molecule has 5 heteroatoms. The van der Waals surface area contributed by atoms with E-state index in [9.17, 15) is 9.59 Å². The number of nitrogens with zero attached hydrogens (tertiary/aromatic N) is 1. The van der Waals surface area contributed by atoms with Crippen molar-refractivity contribution < 1.29 is 9.59 Å². The summed E-state index contributed by atoms with van der Waals surface area (Å²) in [5.41, 5.74) is 1.44. The summed E-state index contributed by atoms with van der Waals surface area (Å²) in [6, 6.07) is 11.4. The minimum Gasteiger partial charge on any atom is -0.351 e. The first kappa shape index (κ1) is 22.5. The smallest absolute Gasteiger partial charge is 0.247 e. The monoisotopic (exact) mass is 426 g/mol. The fraction of sp³-hybridized carbons (Fsp3) is 0.520. The molecule has 1 saturated carbocycles. The summed E-state index contributed by atoms with van der Waals surface area (Å²) < 4.78 is 0. The van der Waals surface area contributed by atoms with Gasteiger partial charge >= 0.3 is 0 Å². The van der Waals surface area contributed by atoms with Gasteiger partial charge in [0.1, 0.15) is 6.04 Å². The minimum absolute atomic E-state index is 0.0167. The van der Waals surface area contributed by atoms with Gasteiger partial charge in [-0.3, -0.25) is 9.59 Å². The molecular weight excluding hydrogens is 392 g/mol. The molecule has 1 aliphatic rings. The molecule has 1 heterocycles. The Morgan fingerprint density at radius 1 is 1.10 bits per heavy atom. The Hall–Kier alpha value is -2.14. The Balaban J connectivity index is 1.97. The summed E-state index contributed by atoms with van der Waals surface area (Å²) in [6.45, 7) is 8.05. The highest BCUT2D eigenvalue weighted by atomic mass is 32.1. The van der Waals surface area contributed by atoms with Gasteiger partial charge in [-0.15, -0.1) is 11.3 Å². The number of hydrogen-bond acceptors (Lipinski definition) is 3. The van der Waals surface area contributed by atoms with E-state index in [-0.39, 0.29) is 17.9 Å². The van der Waals surface area contributed by atoms with Crippen molar-refractivity contribution >= 4 is 23.2 Å². The summed E-state index contributed by atoms with van der Waals surface area (Å²) in [6.07, 6.45) is 5.89. The molecule has 0 aliphatic heterocycles. The minimum atomic E-state index is -0.638. The van der Waals surface area contributed by atoms with Crippen LogP contribution in [-0.2, 0) is 16.0 Å². The lowest BCUT2D eigenvalue weighted by molar-refractivity contribution is -0.146. The number of benzene rings is 1. The van der Waals surface area contributed by atoms with Crippen LogP contribution in [-0.4, -0.2) is 28.3 Å². The van der Waals surface area contributed by atoms with Gasteiger partial charge in [0.2, 0.25) is 11.8 Å². The fourth-order valence-electron chi connectivity index (χ4n) is 4.37. The van der Waals surface area contributed by atoms with Gasteiger partial charge < -0.3 is 10.2 Å². The molecule has 1 aromatic carbocycles. The lowest BCUT2D eigenvalue weighted by atomic mass is 9.91. The van der Waals surface area contributed by atoms with Crippen LogP contribution in [0.2, 0.25) is 0 Å². The van der Waals surface area contributed by atoms with Gasteiger partial charge in [0.25, 0.3) is 0 Å². The third-order valence-corrected chi connectivity index (χ3v) is 6.71. The van der Waals surface area contributed by atoms with E-state index in [1.165, 1.54) is 6.42 Å². The largest absolute Gasteiger partial charge is 0.351 e. The van der Waals surface area contributed by atoms with E-state index in [4.69, 9.17) is 0 Å². The molecule has 1 aromatic heterocycles. The van der Waals surface area contributed by atoms with Crippen LogP contribution in [0.15, 0.2) is 41.8 Å². The molecule has 0 bridgehead atoms. The number of rotatable bonds is 6. The molecule has 2 aromatic rings.